The molecule has 1 saturated heterocycles. The van der Waals surface area contributed by atoms with Gasteiger partial charge in [0, 0.05) is 6.54 Å². The van der Waals surface area contributed by atoms with Crippen LogP contribution in [0.15, 0.2) is 47.5 Å². The van der Waals surface area contributed by atoms with Crippen molar-refractivity contribution in [3.63, 3.8) is 0 Å². The van der Waals surface area contributed by atoms with Crippen molar-refractivity contribution in [1.29, 1.82) is 0 Å². The number of fused-ring (bicyclic) bond motifs is 1. The summed E-state index contributed by atoms with van der Waals surface area (Å²) in [6, 6.07) is 14.1. The Hall–Kier alpha value is -1.36. The minimum atomic E-state index is -0.149. The van der Waals surface area contributed by atoms with Crippen LogP contribution in [0.4, 0.5) is 11.4 Å². The number of anilines is 1. The molecule has 25 heavy (non-hydrogen) atoms. The van der Waals surface area contributed by atoms with Gasteiger partial charge in [0.25, 0.3) is 0 Å². The second-order valence-corrected chi connectivity index (χ2v) is 8.44. The van der Waals surface area contributed by atoms with E-state index in [1.165, 1.54) is 5.56 Å². The lowest BCUT2D eigenvalue weighted by atomic mass is 9.88. The van der Waals surface area contributed by atoms with Crippen molar-refractivity contribution < 1.29 is 0 Å². The molecular formula is C19H19Cl2N3S. The number of benzene rings is 2. The standard InChI is InChI=1S/C19H19Cl2N3S/c20-14-10-16-17(11-15(14)21)24-19(6-8-25-9-7-19)18(23-16)22-12-13-4-2-1-3-5-13/h1-5,10-11,24H,6-9,12H2,(H,22,23). The van der Waals surface area contributed by atoms with Crippen LogP contribution in [0.1, 0.15) is 18.4 Å². The van der Waals surface area contributed by atoms with Gasteiger partial charge in [0.2, 0.25) is 0 Å². The SMILES string of the molecule is Clc1cc2c(cc1Cl)NC1(CCSCC1)C(NCc1ccccc1)=N2. The molecule has 0 amide bonds. The highest BCUT2D eigenvalue weighted by Crippen LogP contribution is 2.42. The molecule has 3 nitrogen and oxygen atoms in total. The molecule has 2 heterocycles. The molecule has 0 radical (unpaired) electrons. The molecule has 1 spiro atoms. The molecule has 0 saturated carbocycles. The number of nitrogens with one attached hydrogen (secondary N) is 2. The summed E-state index contributed by atoms with van der Waals surface area (Å²) in [4.78, 5) is 4.93. The molecule has 2 N–H and O–H groups in total. The van der Waals surface area contributed by atoms with Crippen LogP contribution in [0, 0.1) is 0 Å². The summed E-state index contributed by atoms with van der Waals surface area (Å²) < 4.78 is 0. The minimum Gasteiger partial charge on any atom is -0.371 e. The van der Waals surface area contributed by atoms with Gasteiger partial charge in [-0.15, -0.1) is 0 Å². The first kappa shape index (κ1) is 17.1. The average molecular weight is 392 g/mol. The highest BCUT2D eigenvalue weighted by molar-refractivity contribution is 7.99. The molecule has 0 aliphatic carbocycles. The Labute approximate surface area is 162 Å². The molecule has 2 aromatic rings. The summed E-state index contributed by atoms with van der Waals surface area (Å²) in [6.45, 7) is 0.757. The van der Waals surface area contributed by atoms with Gasteiger partial charge >= 0.3 is 0 Å². The Kier molecular flexibility index (Phi) is 4.85. The van der Waals surface area contributed by atoms with E-state index in [4.69, 9.17) is 28.2 Å². The first-order valence-electron chi connectivity index (χ1n) is 8.38. The number of thioether (sulfide) groups is 1. The van der Waals surface area contributed by atoms with E-state index >= 15 is 0 Å². The highest BCUT2D eigenvalue weighted by atomic mass is 35.5. The van der Waals surface area contributed by atoms with Crippen LogP contribution in [0.5, 0.6) is 0 Å². The first-order chi connectivity index (χ1) is 12.2. The number of aliphatic imine (C=N–C) groups is 1. The van der Waals surface area contributed by atoms with Crippen molar-refractivity contribution >= 4 is 52.2 Å². The quantitative estimate of drug-likeness (QED) is 0.708. The van der Waals surface area contributed by atoms with E-state index in [1.807, 2.05) is 30.0 Å². The lowest BCUT2D eigenvalue weighted by molar-refractivity contribution is 0.543. The Morgan fingerprint density at radius 1 is 1.08 bits per heavy atom. The Bertz CT molecular complexity index is 802. The summed E-state index contributed by atoms with van der Waals surface area (Å²) in [6.07, 6.45) is 2.08. The number of rotatable bonds is 2. The monoisotopic (exact) mass is 391 g/mol. The number of halogens is 2. The maximum Gasteiger partial charge on any atom is 0.128 e. The zero-order valence-electron chi connectivity index (χ0n) is 13.7. The van der Waals surface area contributed by atoms with Gasteiger partial charge in [-0.2, -0.15) is 11.8 Å². The Morgan fingerprint density at radius 2 is 1.80 bits per heavy atom. The van der Waals surface area contributed by atoms with Crippen LogP contribution in [-0.2, 0) is 6.54 Å². The summed E-state index contributed by atoms with van der Waals surface area (Å²) >= 11 is 14.4. The third-order valence-electron chi connectivity index (χ3n) is 4.75. The number of hydrogen-bond acceptors (Lipinski definition) is 4. The van der Waals surface area contributed by atoms with Gasteiger partial charge in [-0.1, -0.05) is 53.5 Å². The molecule has 0 bridgehead atoms. The molecule has 130 valence electrons. The third kappa shape index (κ3) is 3.48. The molecule has 6 heteroatoms. The van der Waals surface area contributed by atoms with Gasteiger partial charge in [-0.25, -0.2) is 4.99 Å². The molecule has 0 unspecified atom stereocenters. The van der Waals surface area contributed by atoms with Gasteiger partial charge in [0.1, 0.15) is 5.84 Å². The van der Waals surface area contributed by atoms with Gasteiger partial charge in [0.05, 0.1) is 27.0 Å². The molecule has 2 aromatic carbocycles. The largest absolute Gasteiger partial charge is 0.371 e. The molecule has 4 rings (SSSR count). The molecule has 2 aliphatic rings. The van der Waals surface area contributed by atoms with E-state index in [9.17, 15) is 0 Å². The van der Waals surface area contributed by atoms with E-state index in [0.717, 1.165) is 48.1 Å². The van der Waals surface area contributed by atoms with Crippen LogP contribution in [0.25, 0.3) is 0 Å². The van der Waals surface area contributed by atoms with Gasteiger partial charge in [0.15, 0.2) is 0 Å². The number of amidine groups is 1. The van der Waals surface area contributed by atoms with Gasteiger partial charge in [-0.3, -0.25) is 0 Å². The predicted molar refractivity (Wildman–Crippen MR) is 110 cm³/mol. The molecule has 2 aliphatic heterocycles. The second kappa shape index (κ2) is 7.10. The summed E-state index contributed by atoms with van der Waals surface area (Å²) in [5.41, 5.74) is 2.90. The molecule has 0 aromatic heterocycles. The van der Waals surface area contributed by atoms with Crippen molar-refractivity contribution in [2.75, 3.05) is 16.8 Å². The van der Waals surface area contributed by atoms with E-state index in [0.29, 0.717) is 10.0 Å². The van der Waals surface area contributed by atoms with E-state index in [2.05, 4.69) is 34.9 Å². The van der Waals surface area contributed by atoms with Crippen LogP contribution < -0.4 is 10.6 Å². The van der Waals surface area contributed by atoms with Crippen molar-refractivity contribution in [2.24, 2.45) is 4.99 Å². The fourth-order valence-electron chi connectivity index (χ4n) is 3.35. The molecule has 1 fully saturated rings. The second-order valence-electron chi connectivity index (χ2n) is 6.40. The maximum atomic E-state index is 6.21. The zero-order valence-corrected chi connectivity index (χ0v) is 16.0. The predicted octanol–water partition coefficient (Wildman–Crippen LogP) is 5.50. The smallest absolute Gasteiger partial charge is 0.128 e. The lowest BCUT2D eigenvalue weighted by Gasteiger charge is -2.42. The fourth-order valence-corrected chi connectivity index (χ4v) is 4.86. The van der Waals surface area contributed by atoms with Crippen LogP contribution in [-0.4, -0.2) is 22.9 Å². The van der Waals surface area contributed by atoms with Crippen LogP contribution in [0.3, 0.4) is 0 Å². The van der Waals surface area contributed by atoms with Crippen molar-refractivity contribution in [3.05, 3.63) is 58.1 Å². The van der Waals surface area contributed by atoms with Gasteiger partial charge in [-0.05, 0) is 42.0 Å². The van der Waals surface area contributed by atoms with E-state index < -0.39 is 0 Å². The van der Waals surface area contributed by atoms with Crippen molar-refractivity contribution in [1.82, 2.24) is 5.32 Å². The normalized spacial score (nSPS) is 18.2. The minimum absolute atomic E-state index is 0.149. The van der Waals surface area contributed by atoms with Gasteiger partial charge < -0.3 is 10.6 Å². The lowest BCUT2D eigenvalue weighted by Crippen LogP contribution is -2.55. The summed E-state index contributed by atoms with van der Waals surface area (Å²) in [7, 11) is 0. The van der Waals surface area contributed by atoms with Crippen molar-refractivity contribution in [3.8, 4) is 0 Å². The third-order valence-corrected chi connectivity index (χ3v) is 6.45. The number of nitrogens with zero attached hydrogens (tertiary/aromatic N) is 1. The average Bonchev–Trinajstić information content (AvgIpc) is 2.63. The van der Waals surface area contributed by atoms with E-state index in [-0.39, 0.29) is 5.54 Å². The highest BCUT2D eigenvalue weighted by Gasteiger charge is 2.40. The molecule has 0 atom stereocenters. The zero-order chi connectivity index (χ0) is 17.3. The topological polar surface area (TPSA) is 36.4 Å². The summed E-state index contributed by atoms with van der Waals surface area (Å²) in [5, 5.41) is 8.38. The van der Waals surface area contributed by atoms with Crippen molar-refractivity contribution in [2.45, 2.75) is 24.9 Å². The first-order valence-corrected chi connectivity index (χ1v) is 10.3. The van der Waals surface area contributed by atoms with Crippen LogP contribution in [0.2, 0.25) is 10.0 Å². The summed E-state index contributed by atoms with van der Waals surface area (Å²) in [5.74, 6) is 3.24. The van der Waals surface area contributed by atoms with E-state index in [1.54, 1.807) is 0 Å². The van der Waals surface area contributed by atoms with Crippen LogP contribution >= 0.6 is 35.0 Å². The maximum absolute atomic E-state index is 6.21. The molecular weight excluding hydrogens is 373 g/mol. The Morgan fingerprint density at radius 3 is 2.56 bits per heavy atom. The Balaban J connectivity index is 1.68. The fraction of sp³-hybridized carbons (Fsp3) is 0.316. The number of hydrogen-bond donors (Lipinski definition) is 2.